The van der Waals surface area contributed by atoms with Crippen molar-refractivity contribution >= 4 is 5.91 Å². The van der Waals surface area contributed by atoms with E-state index in [1.165, 1.54) is 0 Å². The Hall–Kier alpha value is -1.42. The topological polar surface area (TPSA) is 102 Å². The first-order chi connectivity index (χ1) is 3.81. The van der Waals surface area contributed by atoms with Crippen LogP contribution in [0.4, 0.5) is 0 Å². The summed E-state index contributed by atoms with van der Waals surface area (Å²) < 4.78 is 0. The Morgan fingerprint density at radius 1 is 1.88 bits per heavy atom. The summed E-state index contributed by atoms with van der Waals surface area (Å²) in [5.41, 5.74) is 13.7. The van der Waals surface area contributed by atoms with Crippen LogP contribution in [0.3, 0.4) is 0 Å². The van der Waals surface area contributed by atoms with Gasteiger partial charge in [-0.15, -0.1) is 5.11 Å². The molecule has 1 amide bonds. The highest BCUT2D eigenvalue weighted by molar-refractivity contribution is 5.78. The Kier molecular flexibility index (Phi) is 3.09. The second-order valence-electron chi connectivity index (χ2n) is 0.895. The van der Waals surface area contributed by atoms with Crippen molar-refractivity contribution in [3.05, 3.63) is 10.4 Å². The van der Waals surface area contributed by atoms with Crippen LogP contribution in [-0.4, -0.2) is 12.5 Å². The van der Waals surface area contributed by atoms with E-state index in [1.54, 1.807) is 0 Å². The second-order valence-corrected chi connectivity index (χ2v) is 0.895. The molecule has 0 atom stereocenters. The highest BCUT2D eigenvalue weighted by atomic mass is 16.1. The molecule has 0 aromatic heterocycles. The van der Waals surface area contributed by atoms with Gasteiger partial charge in [0, 0.05) is 4.91 Å². The minimum atomic E-state index is -0.734. The first kappa shape index (κ1) is 6.58. The van der Waals surface area contributed by atoms with E-state index >= 15 is 0 Å². The zero-order valence-electron chi connectivity index (χ0n) is 3.90. The number of hydrogen-bond donors (Lipinski definition) is 1. The van der Waals surface area contributed by atoms with E-state index in [0.29, 0.717) is 0 Å². The fraction of sp³-hybridized carbons (Fsp3) is 0.500. The normalized spacial score (nSPS) is 7.00. The third kappa shape index (κ3) is 2.80. The van der Waals surface area contributed by atoms with E-state index in [4.69, 9.17) is 11.1 Å². The quantitative estimate of drug-likeness (QED) is 0.320. The van der Waals surface area contributed by atoms with Gasteiger partial charge in [-0.3, -0.25) is 4.79 Å². The van der Waals surface area contributed by atoms with E-state index in [0.717, 1.165) is 0 Å². The summed E-state index contributed by atoms with van der Waals surface area (Å²) in [7, 11) is 0. The predicted molar refractivity (Wildman–Crippen MR) is 24.2 cm³/mol. The lowest BCUT2D eigenvalue weighted by Gasteiger charge is -1.75. The molecule has 0 aromatic carbocycles. The van der Waals surface area contributed by atoms with Crippen LogP contribution in [0.5, 0.6) is 0 Å². The average Bonchev–Trinajstić information content (AvgIpc) is 1.83. The highest BCUT2D eigenvalue weighted by Gasteiger charge is 1.90. The molecule has 0 fully saturated rings. The van der Waals surface area contributed by atoms with E-state index in [2.05, 4.69) is 15.1 Å². The molecule has 1 N–H and O–H groups in total. The average molecular weight is 113 g/mol. The highest BCUT2D eigenvalue weighted by Crippen LogP contribution is 1.75. The number of nitrogens with one attached hydrogen (secondary N) is 1. The first-order valence-corrected chi connectivity index (χ1v) is 1.72. The van der Waals surface area contributed by atoms with Crippen molar-refractivity contribution in [3.8, 4) is 0 Å². The van der Waals surface area contributed by atoms with E-state index < -0.39 is 5.91 Å². The molecule has 6 nitrogen and oxygen atoms in total. The van der Waals surface area contributed by atoms with Crippen molar-refractivity contribution in [3.63, 3.8) is 0 Å². The molecule has 0 aromatic rings. The van der Waals surface area contributed by atoms with Gasteiger partial charge in [0.1, 0.15) is 6.54 Å². The van der Waals surface area contributed by atoms with Gasteiger partial charge in [0.15, 0.2) is 0 Å². The van der Waals surface area contributed by atoms with Gasteiger partial charge in [0.05, 0.1) is 0 Å². The van der Waals surface area contributed by atoms with Gasteiger partial charge >= 0.3 is 0 Å². The maximum absolute atomic E-state index is 9.95. The molecule has 0 bridgehead atoms. The van der Waals surface area contributed by atoms with Crippen molar-refractivity contribution in [2.45, 2.75) is 0 Å². The van der Waals surface area contributed by atoms with Crippen molar-refractivity contribution < 1.29 is 4.79 Å². The lowest BCUT2D eigenvalue weighted by Crippen LogP contribution is -1.93. The third-order valence-corrected chi connectivity index (χ3v) is 0.394. The Morgan fingerprint density at radius 2 is 2.50 bits per heavy atom. The monoisotopic (exact) mass is 113 g/mol. The maximum Gasteiger partial charge on any atom is 0.269 e. The van der Waals surface area contributed by atoms with Crippen LogP contribution in [0.25, 0.3) is 10.4 Å². The summed E-state index contributed by atoms with van der Waals surface area (Å²) in [5.74, 6) is -0.734. The van der Waals surface area contributed by atoms with Gasteiger partial charge in [-0.2, -0.15) is 0 Å². The smallest absolute Gasteiger partial charge is 0.269 e. The number of amides is 1. The lowest BCUT2D eigenvalue weighted by molar-refractivity contribution is -0.117. The summed E-state index contributed by atoms with van der Waals surface area (Å²) in [6, 6.07) is 0. The molecule has 0 aliphatic heterocycles. The van der Waals surface area contributed by atoms with Gasteiger partial charge in [-0.1, -0.05) is 5.11 Å². The molecule has 42 valence electrons. The standard InChI is InChI=1S/C2H3N5O/c3-6-2(8)1-5-7-4/h3H,1H2. The number of hydrogen-bond acceptors (Lipinski definition) is 3. The Morgan fingerprint density at radius 3 is 2.88 bits per heavy atom. The Bertz CT molecular complexity index is 145. The van der Waals surface area contributed by atoms with Crippen LogP contribution in [0.2, 0.25) is 0 Å². The van der Waals surface area contributed by atoms with Crippen LogP contribution in [-0.2, 0) is 4.79 Å². The number of rotatable bonds is 2. The van der Waals surface area contributed by atoms with Crippen molar-refractivity contribution in [2.24, 2.45) is 10.2 Å². The fourth-order valence-electron chi connectivity index (χ4n) is 0.127. The lowest BCUT2D eigenvalue weighted by atomic mass is 10.7. The third-order valence-electron chi connectivity index (χ3n) is 0.394. The zero-order valence-corrected chi connectivity index (χ0v) is 3.90. The molecule has 0 unspecified atom stereocenters. The number of carbonyl (C=O) groups is 1. The summed E-state index contributed by atoms with van der Waals surface area (Å²) >= 11 is 0. The predicted octanol–water partition coefficient (Wildman–Crippen LogP) is 0.854. The van der Waals surface area contributed by atoms with Crippen molar-refractivity contribution in [2.75, 3.05) is 6.54 Å². The van der Waals surface area contributed by atoms with Gasteiger partial charge in [0.2, 0.25) is 0 Å². The molecular formula is C2H3N5O. The number of azide groups is 1. The van der Waals surface area contributed by atoms with Gasteiger partial charge in [-0.05, 0) is 5.53 Å². The molecule has 0 heterocycles. The number of carbonyl (C=O) groups excluding carboxylic acids is 1. The molecular weight excluding hydrogens is 110 g/mol. The zero-order chi connectivity index (χ0) is 6.41. The summed E-state index contributed by atoms with van der Waals surface area (Å²) in [6.07, 6.45) is 0. The fourth-order valence-corrected chi connectivity index (χ4v) is 0.127. The van der Waals surface area contributed by atoms with Crippen LogP contribution in [0.15, 0.2) is 10.2 Å². The summed E-state index contributed by atoms with van der Waals surface area (Å²) in [6.45, 7) is -0.361. The SMILES string of the molecule is [N-]=[N+]=NCC(=O)N=N. The molecule has 0 aliphatic rings. The van der Waals surface area contributed by atoms with Gasteiger partial charge < -0.3 is 0 Å². The Balaban J connectivity index is 3.55. The summed E-state index contributed by atoms with van der Waals surface area (Å²) in [5, 5.41) is 5.33. The van der Waals surface area contributed by atoms with E-state index in [1.807, 2.05) is 0 Å². The van der Waals surface area contributed by atoms with Crippen molar-refractivity contribution in [1.29, 1.82) is 5.53 Å². The minimum Gasteiger partial charge on any atom is -0.271 e. The van der Waals surface area contributed by atoms with Crippen molar-refractivity contribution in [1.82, 2.24) is 0 Å². The molecule has 0 spiro atoms. The molecule has 8 heavy (non-hydrogen) atoms. The summed E-state index contributed by atoms with van der Waals surface area (Å²) in [4.78, 5) is 12.2. The molecule has 0 rings (SSSR count). The Labute approximate surface area is 44.6 Å². The molecule has 0 radical (unpaired) electrons. The molecule has 0 aliphatic carbocycles. The first-order valence-electron chi connectivity index (χ1n) is 1.72. The second kappa shape index (κ2) is 3.76. The van der Waals surface area contributed by atoms with Crippen LogP contribution in [0, 0.1) is 5.53 Å². The van der Waals surface area contributed by atoms with E-state index in [-0.39, 0.29) is 6.54 Å². The number of nitrogens with zero attached hydrogens (tertiary/aromatic N) is 4. The molecule has 0 saturated carbocycles. The molecule has 0 saturated heterocycles. The largest absolute Gasteiger partial charge is 0.271 e. The van der Waals surface area contributed by atoms with Crippen LogP contribution >= 0.6 is 0 Å². The van der Waals surface area contributed by atoms with Crippen LogP contribution in [0.1, 0.15) is 0 Å². The molecule has 6 heteroatoms. The van der Waals surface area contributed by atoms with Crippen LogP contribution < -0.4 is 0 Å². The van der Waals surface area contributed by atoms with Gasteiger partial charge in [0.25, 0.3) is 5.91 Å². The van der Waals surface area contributed by atoms with Gasteiger partial charge in [-0.25, -0.2) is 5.53 Å². The maximum atomic E-state index is 9.95. The minimum absolute atomic E-state index is 0.361. The van der Waals surface area contributed by atoms with E-state index in [9.17, 15) is 4.79 Å².